The molecule has 1 aromatic heterocycles. The fraction of sp³-hybridized carbons (Fsp3) is 0.400. The second-order valence-corrected chi connectivity index (χ2v) is 7.82. The predicted molar refractivity (Wildman–Crippen MR) is 120 cm³/mol. The van der Waals surface area contributed by atoms with Gasteiger partial charge in [-0.1, -0.05) is 31.0 Å². The summed E-state index contributed by atoms with van der Waals surface area (Å²) in [6, 6.07) is 18.2. The van der Waals surface area contributed by atoms with Gasteiger partial charge in [0.05, 0.1) is 12.1 Å². The van der Waals surface area contributed by atoms with Crippen molar-refractivity contribution < 1.29 is 9.47 Å². The second kappa shape index (κ2) is 9.92. The molecule has 0 spiro atoms. The molecule has 5 heteroatoms. The van der Waals surface area contributed by atoms with E-state index < -0.39 is 0 Å². The summed E-state index contributed by atoms with van der Waals surface area (Å²) < 4.78 is 13.4. The molecule has 0 atom stereocenters. The van der Waals surface area contributed by atoms with Crippen LogP contribution >= 0.6 is 0 Å². The molecular weight excluding hydrogens is 376 g/mol. The van der Waals surface area contributed by atoms with Crippen LogP contribution in [0.2, 0.25) is 0 Å². The van der Waals surface area contributed by atoms with Crippen molar-refractivity contribution in [3.63, 3.8) is 0 Å². The average molecular weight is 407 g/mol. The lowest BCUT2D eigenvalue weighted by Gasteiger charge is -2.16. The van der Waals surface area contributed by atoms with Crippen LogP contribution in [0.25, 0.3) is 10.9 Å². The molecule has 30 heavy (non-hydrogen) atoms. The minimum atomic E-state index is 0.0459. The van der Waals surface area contributed by atoms with Gasteiger partial charge in [-0.25, -0.2) is 0 Å². The number of nitrogens with one attached hydrogen (secondary N) is 1. The molecule has 1 fully saturated rings. The Labute approximate surface area is 177 Å². The molecule has 0 bridgehead atoms. The first-order valence-electron chi connectivity index (χ1n) is 10.9. The number of para-hydroxylation sites is 1. The third-order valence-corrected chi connectivity index (χ3v) is 5.72. The lowest BCUT2D eigenvalue weighted by Crippen LogP contribution is -2.32. The summed E-state index contributed by atoms with van der Waals surface area (Å²) in [6.07, 6.45) is 4.95. The van der Waals surface area contributed by atoms with Crippen molar-refractivity contribution in [3.8, 4) is 11.5 Å². The summed E-state index contributed by atoms with van der Waals surface area (Å²) >= 11 is 0. The van der Waals surface area contributed by atoms with E-state index in [-0.39, 0.29) is 5.56 Å². The Kier molecular flexibility index (Phi) is 6.82. The van der Waals surface area contributed by atoms with E-state index in [1.165, 1.54) is 25.7 Å². The highest BCUT2D eigenvalue weighted by atomic mass is 16.5. The Hall–Kier alpha value is -2.63. The number of rotatable bonds is 9. The van der Waals surface area contributed by atoms with Crippen molar-refractivity contribution in [2.75, 3.05) is 13.2 Å². The van der Waals surface area contributed by atoms with Gasteiger partial charge in [-0.15, -0.1) is 0 Å². The Morgan fingerprint density at radius 3 is 2.60 bits per heavy atom. The van der Waals surface area contributed by atoms with Crippen LogP contribution in [0, 0.1) is 0 Å². The molecule has 1 heterocycles. The highest BCUT2D eigenvalue weighted by molar-refractivity contribution is 5.81. The lowest BCUT2D eigenvalue weighted by molar-refractivity contribution is 0.139. The molecule has 158 valence electrons. The smallest absolute Gasteiger partial charge is 0.255 e. The van der Waals surface area contributed by atoms with E-state index in [1.54, 1.807) is 0 Å². The van der Waals surface area contributed by atoms with Gasteiger partial charge in [0.2, 0.25) is 0 Å². The van der Waals surface area contributed by atoms with E-state index in [0.29, 0.717) is 32.3 Å². The molecule has 1 N–H and O–H groups in total. The van der Waals surface area contributed by atoms with Gasteiger partial charge in [-0.3, -0.25) is 4.79 Å². The van der Waals surface area contributed by atoms with E-state index in [9.17, 15) is 4.79 Å². The molecule has 4 rings (SSSR count). The number of hydrogen-bond acceptors (Lipinski definition) is 4. The zero-order valence-electron chi connectivity index (χ0n) is 17.6. The van der Waals surface area contributed by atoms with Gasteiger partial charge in [0, 0.05) is 37.4 Å². The average Bonchev–Trinajstić information content (AvgIpc) is 3.29. The van der Waals surface area contributed by atoms with Crippen LogP contribution in [0.4, 0.5) is 0 Å². The van der Waals surface area contributed by atoms with E-state index in [2.05, 4.69) is 5.32 Å². The molecular formula is C25H30N2O3. The minimum Gasteiger partial charge on any atom is -0.457 e. The Bertz CT molecular complexity index is 1020. The topological polar surface area (TPSA) is 52.5 Å². The van der Waals surface area contributed by atoms with Crippen molar-refractivity contribution in [1.82, 2.24) is 9.88 Å². The molecule has 0 saturated heterocycles. The van der Waals surface area contributed by atoms with Gasteiger partial charge in [-0.05, 0) is 55.5 Å². The van der Waals surface area contributed by atoms with E-state index in [1.807, 2.05) is 66.1 Å². The number of benzene rings is 2. The van der Waals surface area contributed by atoms with Crippen molar-refractivity contribution in [3.05, 3.63) is 70.5 Å². The standard InChI is InChI=1S/C25H30N2O3/c1-2-29-15-14-27-24-17-23(30-22-10-4-3-5-11-22)13-12-19(24)16-20(25(27)28)18-26-21-8-6-7-9-21/h3-5,10-13,16-17,21,26H,2,6-9,14-15,18H2,1H3. The third kappa shape index (κ3) is 4.91. The number of fused-ring (bicyclic) bond motifs is 1. The number of pyridine rings is 1. The van der Waals surface area contributed by atoms with E-state index in [0.717, 1.165) is 28.0 Å². The quantitative estimate of drug-likeness (QED) is 0.516. The molecule has 2 aromatic carbocycles. The van der Waals surface area contributed by atoms with Crippen LogP contribution < -0.4 is 15.6 Å². The number of nitrogens with zero attached hydrogens (tertiary/aromatic N) is 1. The van der Waals surface area contributed by atoms with Crippen LogP contribution in [0.5, 0.6) is 11.5 Å². The minimum absolute atomic E-state index is 0.0459. The monoisotopic (exact) mass is 406 g/mol. The van der Waals surface area contributed by atoms with Crippen LogP contribution in [0.15, 0.2) is 59.4 Å². The first kappa shape index (κ1) is 20.6. The summed E-state index contributed by atoms with van der Waals surface area (Å²) in [7, 11) is 0. The molecule has 0 unspecified atom stereocenters. The maximum absolute atomic E-state index is 13.3. The van der Waals surface area contributed by atoms with Crippen molar-refractivity contribution in [1.29, 1.82) is 0 Å². The fourth-order valence-electron chi connectivity index (χ4n) is 4.13. The van der Waals surface area contributed by atoms with Crippen molar-refractivity contribution >= 4 is 10.9 Å². The largest absolute Gasteiger partial charge is 0.457 e. The Morgan fingerprint density at radius 2 is 1.83 bits per heavy atom. The van der Waals surface area contributed by atoms with Crippen LogP contribution in [0.3, 0.4) is 0 Å². The third-order valence-electron chi connectivity index (χ3n) is 5.72. The first-order valence-corrected chi connectivity index (χ1v) is 10.9. The summed E-state index contributed by atoms with van der Waals surface area (Å²) in [6.45, 7) is 4.24. The summed E-state index contributed by atoms with van der Waals surface area (Å²) in [4.78, 5) is 13.3. The van der Waals surface area contributed by atoms with Crippen LogP contribution in [0.1, 0.15) is 38.2 Å². The second-order valence-electron chi connectivity index (χ2n) is 7.82. The normalized spacial score (nSPS) is 14.4. The molecule has 1 saturated carbocycles. The predicted octanol–water partition coefficient (Wildman–Crippen LogP) is 4.86. The van der Waals surface area contributed by atoms with E-state index >= 15 is 0 Å². The molecule has 0 radical (unpaired) electrons. The molecule has 5 nitrogen and oxygen atoms in total. The number of hydrogen-bond donors (Lipinski definition) is 1. The molecule has 3 aromatic rings. The van der Waals surface area contributed by atoms with E-state index in [4.69, 9.17) is 9.47 Å². The molecule has 1 aliphatic carbocycles. The SMILES string of the molecule is CCOCCn1c(=O)c(CNC2CCCC2)cc2ccc(Oc3ccccc3)cc21. The lowest BCUT2D eigenvalue weighted by atomic mass is 10.1. The highest BCUT2D eigenvalue weighted by Gasteiger charge is 2.16. The molecule has 0 aliphatic heterocycles. The summed E-state index contributed by atoms with van der Waals surface area (Å²) in [5.74, 6) is 1.49. The maximum atomic E-state index is 13.3. The van der Waals surface area contributed by atoms with Gasteiger partial charge in [0.25, 0.3) is 5.56 Å². The van der Waals surface area contributed by atoms with Gasteiger partial charge < -0.3 is 19.4 Å². The highest BCUT2D eigenvalue weighted by Crippen LogP contribution is 2.26. The van der Waals surface area contributed by atoms with Gasteiger partial charge >= 0.3 is 0 Å². The summed E-state index contributed by atoms with van der Waals surface area (Å²) in [5.41, 5.74) is 1.73. The fourth-order valence-corrected chi connectivity index (χ4v) is 4.13. The summed E-state index contributed by atoms with van der Waals surface area (Å²) in [5, 5.41) is 4.61. The zero-order valence-corrected chi connectivity index (χ0v) is 17.6. The zero-order chi connectivity index (χ0) is 20.8. The number of aromatic nitrogens is 1. The van der Waals surface area contributed by atoms with Crippen LogP contribution in [-0.4, -0.2) is 23.8 Å². The van der Waals surface area contributed by atoms with Crippen molar-refractivity contribution in [2.45, 2.75) is 51.7 Å². The molecule has 0 amide bonds. The first-order chi connectivity index (χ1) is 14.7. The Balaban J connectivity index is 1.65. The maximum Gasteiger partial charge on any atom is 0.255 e. The van der Waals surface area contributed by atoms with Crippen LogP contribution in [-0.2, 0) is 17.8 Å². The van der Waals surface area contributed by atoms with Gasteiger partial charge in [0.1, 0.15) is 11.5 Å². The van der Waals surface area contributed by atoms with Gasteiger partial charge in [0.15, 0.2) is 0 Å². The van der Waals surface area contributed by atoms with Crippen molar-refractivity contribution in [2.24, 2.45) is 0 Å². The number of ether oxygens (including phenoxy) is 2. The van der Waals surface area contributed by atoms with Gasteiger partial charge in [-0.2, -0.15) is 0 Å². The molecule has 1 aliphatic rings. The Morgan fingerprint density at radius 1 is 1.03 bits per heavy atom.